The molecule has 0 radical (unpaired) electrons. The minimum atomic E-state index is 0.850. The van der Waals surface area contributed by atoms with Gasteiger partial charge < -0.3 is 4.98 Å². The lowest BCUT2D eigenvalue weighted by Crippen LogP contribution is -1.70. The molecule has 0 fully saturated rings. The Balaban J connectivity index is 1.66. The molecule has 0 aromatic carbocycles. The number of nitrogens with one attached hydrogen (secondary N) is 1. The van der Waals surface area contributed by atoms with Crippen molar-refractivity contribution in [2.75, 3.05) is 0 Å². The molecule has 1 N–H and O–H groups in total. The van der Waals surface area contributed by atoms with Gasteiger partial charge in [-0.05, 0) is 23.8 Å². The molecule has 0 atom stereocenters. The van der Waals surface area contributed by atoms with Gasteiger partial charge in [0.1, 0.15) is 5.82 Å². The molecular weight excluding hydrogens is 282 g/mol. The maximum absolute atomic E-state index is 4.10. The predicted octanol–water partition coefficient (Wildman–Crippen LogP) is 4.76. The minimum Gasteiger partial charge on any atom is -0.345 e. The smallest absolute Gasteiger partial charge is 0.129 e. The van der Waals surface area contributed by atoms with E-state index in [9.17, 15) is 0 Å². The van der Waals surface area contributed by atoms with Crippen molar-refractivity contribution < 1.29 is 0 Å². The van der Waals surface area contributed by atoms with Crippen molar-refractivity contribution in [1.29, 1.82) is 0 Å². The highest BCUT2D eigenvalue weighted by Gasteiger charge is 1.81. The van der Waals surface area contributed by atoms with Crippen LogP contribution in [0.5, 0.6) is 0 Å². The summed E-state index contributed by atoms with van der Waals surface area (Å²) in [6.07, 6.45) is 30.8. The zero-order chi connectivity index (χ0) is 16.0. The van der Waals surface area contributed by atoms with Gasteiger partial charge in [0, 0.05) is 24.8 Å². The second-order valence-electron chi connectivity index (χ2n) is 4.51. The van der Waals surface area contributed by atoms with E-state index in [2.05, 4.69) is 15.0 Å². The summed E-state index contributed by atoms with van der Waals surface area (Å²) < 4.78 is 0. The average molecular weight is 301 g/mol. The molecule has 114 valence electrons. The molecule has 2 rings (SSSR count). The van der Waals surface area contributed by atoms with Gasteiger partial charge in [0.05, 0.1) is 0 Å². The molecule has 2 aromatic rings. The standard InChI is InChI=1S/C20H19N3/c1(2-4-6-8-10-12-20-22-17-18-23-20)3-5-7-9-11-19-13-15-21-16-14-19/h1-18H,(H,22,23)/b3-1+,4-2+,7-5+,8-6+,11-9+,12-10+. The van der Waals surface area contributed by atoms with E-state index in [1.807, 2.05) is 85.0 Å². The Morgan fingerprint density at radius 1 is 0.652 bits per heavy atom. The molecular formula is C20H19N3. The third-order valence-electron chi connectivity index (χ3n) is 2.77. The van der Waals surface area contributed by atoms with E-state index in [0.717, 1.165) is 11.4 Å². The summed E-state index contributed by atoms with van der Waals surface area (Å²) in [5.74, 6) is 0.850. The van der Waals surface area contributed by atoms with Crippen molar-refractivity contribution in [3.63, 3.8) is 0 Å². The molecule has 0 aliphatic rings. The van der Waals surface area contributed by atoms with Crippen LogP contribution < -0.4 is 0 Å². The van der Waals surface area contributed by atoms with E-state index in [4.69, 9.17) is 0 Å². The van der Waals surface area contributed by atoms with Gasteiger partial charge >= 0.3 is 0 Å². The lowest BCUT2D eigenvalue weighted by Gasteiger charge is -1.87. The van der Waals surface area contributed by atoms with Crippen molar-refractivity contribution in [3.05, 3.63) is 109 Å². The number of imidazole rings is 1. The zero-order valence-electron chi connectivity index (χ0n) is 12.8. The lowest BCUT2D eigenvalue weighted by atomic mass is 10.2. The molecule has 0 unspecified atom stereocenters. The number of allylic oxidation sites excluding steroid dienone is 10. The van der Waals surface area contributed by atoms with Gasteiger partial charge in [0.25, 0.3) is 0 Å². The normalized spacial score (nSPS) is 13.0. The molecule has 23 heavy (non-hydrogen) atoms. The molecule has 0 bridgehead atoms. The summed E-state index contributed by atoms with van der Waals surface area (Å²) in [5, 5.41) is 0. The molecule has 0 saturated carbocycles. The summed E-state index contributed by atoms with van der Waals surface area (Å²) >= 11 is 0. The topological polar surface area (TPSA) is 41.6 Å². The van der Waals surface area contributed by atoms with Crippen LogP contribution in [0.1, 0.15) is 11.4 Å². The lowest BCUT2D eigenvalue weighted by molar-refractivity contribution is 1.26. The summed E-state index contributed by atoms with van der Waals surface area (Å²) in [4.78, 5) is 11.1. The highest BCUT2D eigenvalue weighted by Crippen LogP contribution is 1.99. The summed E-state index contributed by atoms with van der Waals surface area (Å²) in [5.41, 5.74) is 1.14. The van der Waals surface area contributed by atoms with Gasteiger partial charge in [-0.2, -0.15) is 0 Å². The SMILES string of the molecule is C(/C=C/C=C/C=C/c1ncc[nH]1)=C\C=C\C=C\c1ccncc1. The Morgan fingerprint density at radius 2 is 1.22 bits per heavy atom. The van der Waals surface area contributed by atoms with E-state index in [-0.39, 0.29) is 0 Å². The molecule has 0 aliphatic carbocycles. The van der Waals surface area contributed by atoms with Crippen LogP contribution in [0.15, 0.2) is 97.7 Å². The van der Waals surface area contributed by atoms with Crippen LogP contribution in [0.3, 0.4) is 0 Å². The molecule has 0 amide bonds. The minimum absolute atomic E-state index is 0.850. The van der Waals surface area contributed by atoms with Gasteiger partial charge in [-0.3, -0.25) is 4.98 Å². The van der Waals surface area contributed by atoms with Crippen LogP contribution >= 0.6 is 0 Å². The van der Waals surface area contributed by atoms with Gasteiger partial charge in [-0.15, -0.1) is 0 Å². The van der Waals surface area contributed by atoms with E-state index in [1.54, 1.807) is 24.8 Å². The van der Waals surface area contributed by atoms with Gasteiger partial charge in [-0.25, -0.2) is 4.98 Å². The van der Waals surface area contributed by atoms with Crippen molar-refractivity contribution in [3.8, 4) is 0 Å². The number of rotatable bonds is 7. The first-order valence-electron chi connectivity index (χ1n) is 7.36. The van der Waals surface area contributed by atoms with Gasteiger partial charge in [0.2, 0.25) is 0 Å². The number of pyridine rings is 1. The molecule has 2 aromatic heterocycles. The molecule has 2 heterocycles. The Hall–Kier alpha value is -3.20. The first-order chi connectivity index (χ1) is 11.4. The fourth-order valence-corrected chi connectivity index (χ4v) is 1.67. The Morgan fingerprint density at radius 3 is 1.78 bits per heavy atom. The molecule has 0 aliphatic heterocycles. The molecule has 3 heteroatoms. The summed E-state index contributed by atoms with van der Waals surface area (Å²) in [6.45, 7) is 0. The fourth-order valence-electron chi connectivity index (χ4n) is 1.67. The first-order valence-corrected chi connectivity index (χ1v) is 7.36. The maximum Gasteiger partial charge on any atom is 0.129 e. The van der Waals surface area contributed by atoms with Gasteiger partial charge in [-0.1, -0.05) is 66.8 Å². The summed E-state index contributed by atoms with van der Waals surface area (Å²) in [7, 11) is 0. The Bertz CT molecular complexity index is 716. The van der Waals surface area contributed by atoms with Crippen LogP contribution in [-0.4, -0.2) is 15.0 Å². The van der Waals surface area contributed by atoms with Crippen molar-refractivity contribution >= 4 is 12.2 Å². The summed E-state index contributed by atoms with van der Waals surface area (Å²) in [6, 6.07) is 3.94. The van der Waals surface area contributed by atoms with Crippen LogP contribution in [0.4, 0.5) is 0 Å². The number of aromatic nitrogens is 3. The Kier molecular flexibility index (Phi) is 7.40. The van der Waals surface area contributed by atoms with Gasteiger partial charge in [0.15, 0.2) is 0 Å². The number of aromatic amines is 1. The van der Waals surface area contributed by atoms with Crippen molar-refractivity contribution in [2.45, 2.75) is 0 Å². The quantitative estimate of drug-likeness (QED) is 0.749. The van der Waals surface area contributed by atoms with E-state index in [1.165, 1.54) is 0 Å². The number of H-pyrrole nitrogens is 1. The monoisotopic (exact) mass is 301 g/mol. The second-order valence-corrected chi connectivity index (χ2v) is 4.51. The number of hydrogen-bond donors (Lipinski definition) is 1. The third-order valence-corrected chi connectivity index (χ3v) is 2.77. The largest absolute Gasteiger partial charge is 0.345 e. The highest BCUT2D eigenvalue weighted by molar-refractivity contribution is 5.50. The van der Waals surface area contributed by atoms with Crippen molar-refractivity contribution in [1.82, 2.24) is 15.0 Å². The third kappa shape index (κ3) is 7.39. The molecule has 3 nitrogen and oxygen atoms in total. The number of hydrogen-bond acceptors (Lipinski definition) is 2. The predicted molar refractivity (Wildman–Crippen MR) is 97.5 cm³/mol. The molecule has 0 saturated heterocycles. The Labute approximate surface area is 136 Å². The van der Waals surface area contributed by atoms with Crippen LogP contribution in [0, 0.1) is 0 Å². The fraction of sp³-hybridized carbons (Fsp3) is 0. The van der Waals surface area contributed by atoms with Crippen LogP contribution in [0.25, 0.3) is 12.2 Å². The number of nitrogens with zero attached hydrogens (tertiary/aromatic N) is 2. The first kappa shape index (κ1) is 16.2. The van der Waals surface area contributed by atoms with Crippen LogP contribution in [0.2, 0.25) is 0 Å². The van der Waals surface area contributed by atoms with Crippen molar-refractivity contribution in [2.24, 2.45) is 0 Å². The maximum atomic E-state index is 4.10. The van der Waals surface area contributed by atoms with E-state index >= 15 is 0 Å². The van der Waals surface area contributed by atoms with Crippen LogP contribution in [-0.2, 0) is 0 Å². The van der Waals surface area contributed by atoms with E-state index in [0.29, 0.717) is 0 Å². The van der Waals surface area contributed by atoms with E-state index < -0.39 is 0 Å². The second kappa shape index (κ2) is 10.5. The zero-order valence-corrected chi connectivity index (χ0v) is 12.8. The average Bonchev–Trinajstić information content (AvgIpc) is 3.10. The molecule has 0 spiro atoms. The highest BCUT2D eigenvalue weighted by atomic mass is 14.9.